The maximum absolute atomic E-state index is 12.6. The van der Waals surface area contributed by atoms with E-state index in [1.807, 2.05) is 30.3 Å². The maximum Gasteiger partial charge on any atom is 0.276 e. The van der Waals surface area contributed by atoms with Gasteiger partial charge in [-0.05, 0) is 18.2 Å². The number of fused-ring (bicyclic) bond motifs is 1. The number of rotatable bonds is 3. The number of aromatic nitrogens is 5. The van der Waals surface area contributed by atoms with Crippen LogP contribution >= 0.6 is 0 Å². The van der Waals surface area contributed by atoms with Crippen LogP contribution in [0.4, 0.5) is 5.69 Å². The molecule has 2 N–H and O–H groups in total. The van der Waals surface area contributed by atoms with Crippen LogP contribution < -0.4 is 5.32 Å². The summed E-state index contributed by atoms with van der Waals surface area (Å²) >= 11 is 0. The van der Waals surface area contributed by atoms with Crippen molar-refractivity contribution in [1.82, 2.24) is 24.5 Å². The second kappa shape index (κ2) is 5.38. The third kappa shape index (κ3) is 2.44. The van der Waals surface area contributed by atoms with Crippen LogP contribution in [0.2, 0.25) is 0 Å². The smallest absolute Gasteiger partial charge is 0.276 e. The van der Waals surface area contributed by atoms with E-state index in [1.165, 1.54) is 0 Å². The number of nitrogens with one attached hydrogen (secondary N) is 2. The van der Waals surface area contributed by atoms with Crippen molar-refractivity contribution >= 4 is 22.6 Å². The Hall–Kier alpha value is -3.48. The molecule has 7 nitrogen and oxygen atoms in total. The molecule has 4 rings (SSSR count). The molecule has 0 fully saturated rings. The molecule has 0 bridgehead atoms. The highest BCUT2D eigenvalue weighted by molar-refractivity contribution is 6.10. The fraction of sp³-hybridized carbons (Fsp3) is 0. The van der Waals surface area contributed by atoms with Crippen LogP contribution in [0.3, 0.4) is 0 Å². The zero-order chi connectivity index (χ0) is 15.6. The van der Waals surface area contributed by atoms with E-state index in [1.54, 1.807) is 35.6 Å². The van der Waals surface area contributed by atoms with Gasteiger partial charge in [-0.2, -0.15) is 0 Å². The Morgan fingerprint density at radius 2 is 2.00 bits per heavy atom. The van der Waals surface area contributed by atoms with E-state index in [-0.39, 0.29) is 11.6 Å². The zero-order valence-electron chi connectivity index (χ0n) is 12.0. The summed E-state index contributed by atoms with van der Waals surface area (Å²) in [5, 5.41) is 2.84. The van der Waals surface area contributed by atoms with Crippen LogP contribution in [0.15, 0.2) is 61.3 Å². The number of imidazole rings is 1. The lowest BCUT2D eigenvalue weighted by Crippen LogP contribution is -2.16. The number of hydrogen-bond donors (Lipinski definition) is 2. The van der Waals surface area contributed by atoms with Crippen molar-refractivity contribution in [3.8, 4) is 5.95 Å². The van der Waals surface area contributed by atoms with E-state index in [2.05, 4.69) is 25.3 Å². The predicted molar refractivity (Wildman–Crippen MR) is 85.4 cm³/mol. The summed E-state index contributed by atoms with van der Waals surface area (Å²) in [4.78, 5) is 28.4. The second-order valence-electron chi connectivity index (χ2n) is 4.90. The number of H-pyrrole nitrogens is 1. The van der Waals surface area contributed by atoms with E-state index in [0.29, 0.717) is 22.7 Å². The van der Waals surface area contributed by atoms with Crippen molar-refractivity contribution in [2.75, 3.05) is 5.32 Å². The van der Waals surface area contributed by atoms with Crippen LogP contribution in [0.25, 0.3) is 17.0 Å². The predicted octanol–water partition coefficient (Wildman–Crippen LogP) is 2.40. The van der Waals surface area contributed by atoms with Crippen LogP contribution in [-0.4, -0.2) is 30.4 Å². The van der Waals surface area contributed by atoms with Gasteiger partial charge < -0.3 is 10.3 Å². The van der Waals surface area contributed by atoms with Crippen LogP contribution in [-0.2, 0) is 0 Å². The third-order valence-electron chi connectivity index (χ3n) is 3.38. The van der Waals surface area contributed by atoms with Crippen molar-refractivity contribution in [2.24, 2.45) is 0 Å². The summed E-state index contributed by atoms with van der Waals surface area (Å²) in [5.74, 6) is 0.0974. The number of benzene rings is 1. The van der Waals surface area contributed by atoms with E-state index in [9.17, 15) is 4.79 Å². The lowest BCUT2D eigenvalue weighted by atomic mass is 10.2. The number of carbonyl (C=O) groups is 1. The molecule has 1 aromatic carbocycles. The SMILES string of the molecule is O=C(Nc1ccccc1)c1nc(-n2ccnc2)nc2cc[nH]c12. The quantitative estimate of drug-likeness (QED) is 0.608. The lowest BCUT2D eigenvalue weighted by molar-refractivity contribution is 0.102. The van der Waals surface area contributed by atoms with Crippen molar-refractivity contribution in [3.05, 3.63) is 67.0 Å². The Labute approximate surface area is 131 Å². The molecule has 0 saturated carbocycles. The Bertz CT molecular complexity index is 959. The molecular weight excluding hydrogens is 292 g/mol. The van der Waals surface area contributed by atoms with Gasteiger partial charge >= 0.3 is 0 Å². The second-order valence-corrected chi connectivity index (χ2v) is 4.90. The van der Waals surface area contributed by atoms with Crippen molar-refractivity contribution in [1.29, 1.82) is 0 Å². The summed E-state index contributed by atoms with van der Waals surface area (Å²) in [6, 6.07) is 11.1. The zero-order valence-corrected chi connectivity index (χ0v) is 12.0. The normalized spacial score (nSPS) is 10.8. The minimum Gasteiger partial charge on any atom is -0.358 e. The first kappa shape index (κ1) is 13.2. The molecule has 23 heavy (non-hydrogen) atoms. The molecule has 0 spiro atoms. The molecule has 7 heteroatoms. The molecule has 4 aromatic rings. The summed E-state index contributed by atoms with van der Waals surface area (Å²) < 4.78 is 1.66. The summed E-state index contributed by atoms with van der Waals surface area (Å²) in [6.45, 7) is 0. The van der Waals surface area contributed by atoms with Gasteiger partial charge in [-0.15, -0.1) is 0 Å². The maximum atomic E-state index is 12.6. The largest absolute Gasteiger partial charge is 0.358 e. The number of para-hydroxylation sites is 1. The first-order chi connectivity index (χ1) is 11.3. The van der Waals surface area contributed by atoms with Crippen LogP contribution in [0.1, 0.15) is 10.5 Å². The van der Waals surface area contributed by atoms with E-state index in [4.69, 9.17) is 0 Å². The van der Waals surface area contributed by atoms with Gasteiger partial charge in [-0.25, -0.2) is 15.0 Å². The Kier molecular flexibility index (Phi) is 3.09. The van der Waals surface area contributed by atoms with Gasteiger partial charge in [0.05, 0.1) is 11.0 Å². The van der Waals surface area contributed by atoms with Gasteiger partial charge in [0, 0.05) is 24.3 Å². The summed E-state index contributed by atoms with van der Waals surface area (Å²) in [7, 11) is 0. The molecule has 0 aliphatic heterocycles. The van der Waals surface area contributed by atoms with Gasteiger partial charge in [0.1, 0.15) is 6.33 Å². The number of anilines is 1. The number of aromatic amines is 1. The lowest BCUT2D eigenvalue weighted by Gasteiger charge is -2.07. The third-order valence-corrected chi connectivity index (χ3v) is 3.38. The highest BCUT2D eigenvalue weighted by atomic mass is 16.1. The molecule has 3 aromatic heterocycles. The number of nitrogens with zero attached hydrogens (tertiary/aromatic N) is 4. The molecule has 0 radical (unpaired) electrons. The Morgan fingerprint density at radius 3 is 2.78 bits per heavy atom. The fourth-order valence-corrected chi connectivity index (χ4v) is 2.30. The highest BCUT2D eigenvalue weighted by Gasteiger charge is 2.16. The minimum atomic E-state index is -0.299. The summed E-state index contributed by atoms with van der Waals surface area (Å²) in [6.07, 6.45) is 6.68. The minimum absolute atomic E-state index is 0.285. The average molecular weight is 304 g/mol. The number of amides is 1. The fourth-order valence-electron chi connectivity index (χ4n) is 2.30. The van der Waals surface area contributed by atoms with Gasteiger partial charge in [0.25, 0.3) is 5.91 Å². The first-order valence-electron chi connectivity index (χ1n) is 7.01. The Balaban J connectivity index is 1.79. The molecular formula is C16H12N6O. The molecule has 0 unspecified atom stereocenters. The summed E-state index contributed by atoms with van der Waals surface area (Å²) in [5.41, 5.74) is 2.26. The van der Waals surface area contributed by atoms with Gasteiger partial charge in [0.15, 0.2) is 5.69 Å². The van der Waals surface area contributed by atoms with Crippen LogP contribution in [0.5, 0.6) is 0 Å². The number of hydrogen-bond acceptors (Lipinski definition) is 4. The molecule has 1 amide bonds. The van der Waals surface area contributed by atoms with Crippen molar-refractivity contribution in [3.63, 3.8) is 0 Å². The van der Waals surface area contributed by atoms with Crippen LogP contribution in [0, 0.1) is 0 Å². The van der Waals surface area contributed by atoms with Gasteiger partial charge in [-0.3, -0.25) is 9.36 Å². The standard InChI is InChI=1S/C16H12N6O/c23-15(19-11-4-2-1-3-5-11)14-13-12(6-7-18-13)20-16(21-14)22-9-8-17-10-22/h1-10,18H,(H,19,23). The van der Waals surface area contributed by atoms with Crippen molar-refractivity contribution in [2.45, 2.75) is 0 Å². The number of carbonyl (C=O) groups excluding carboxylic acids is 1. The van der Waals surface area contributed by atoms with Gasteiger partial charge in [-0.1, -0.05) is 18.2 Å². The molecule has 3 heterocycles. The van der Waals surface area contributed by atoms with Gasteiger partial charge in [0.2, 0.25) is 5.95 Å². The first-order valence-corrected chi connectivity index (χ1v) is 7.01. The molecule has 0 atom stereocenters. The van der Waals surface area contributed by atoms with E-state index in [0.717, 1.165) is 0 Å². The van der Waals surface area contributed by atoms with E-state index >= 15 is 0 Å². The van der Waals surface area contributed by atoms with Crippen molar-refractivity contribution < 1.29 is 4.79 Å². The monoisotopic (exact) mass is 304 g/mol. The topological polar surface area (TPSA) is 88.5 Å². The highest BCUT2D eigenvalue weighted by Crippen LogP contribution is 2.17. The molecule has 0 aliphatic rings. The Morgan fingerprint density at radius 1 is 1.13 bits per heavy atom. The molecule has 0 aliphatic carbocycles. The average Bonchev–Trinajstić information content (AvgIpc) is 3.26. The van der Waals surface area contributed by atoms with E-state index < -0.39 is 0 Å². The molecule has 0 saturated heterocycles. The molecule has 112 valence electrons.